The molecule has 0 radical (unpaired) electrons. The number of carbonyl (C=O) groups excluding carboxylic acids is 1. The Morgan fingerprint density at radius 2 is 2.15 bits per heavy atom. The van der Waals surface area contributed by atoms with Crippen molar-refractivity contribution < 1.29 is 22.5 Å². The predicted octanol–water partition coefficient (Wildman–Crippen LogP) is 5.01. The summed E-state index contributed by atoms with van der Waals surface area (Å²) >= 11 is 0. The average molecular weight is 367 g/mol. The monoisotopic (exact) mass is 367 g/mol. The molecule has 2 amide bonds. The topological polar surface area (TPSA) is 58.4 Å². The molecule has 0 aliphatic carbocycles. The molecule has 140 valence electrons. The summed E-state index contributed by atoms with van der Waals surface area (Å²) in [6, 6.07) is 5.92. The van der Waals surface area contributed by atoms with Crippen molar-refractivity contribution in [3.05, 3.63) is 47.3 Å². The van der Waals surface area contributed by atoms with Crippen molar-refractivity contribution in [3.63, 3.8) is 0 Å². The molecule has 8 heteroatoms. The average Bonchev–Trinajstić information content (AvgIpc) is 3.23. The van der Waals surface area contributed by atoms with Gasteiger partial charge in [-0.1, -0.05) is 24.2 Å². The van der Waals surface area contributed by atoms with Gasteiger partial charge in [0.1, 0.15) is 11.5 Å². The van der Waals surface area contributed by atoms with Gasteiger partial charge in [0.15, 0.2) is 0 Å². The first-order valence-electron chi connectivity index (χ1n) is 8.59. The predicted molar refractivity (Wildman–Crippen MR) is 89.6 cm³/mol. The van der Waals surface area contributed by atoms with E-state index in [9.17, 15) is 18.0 Å². The van der Waals surface area contributed by atoms with Gasteiger partial charge in [0.25, 0.3) is 0 Å². The van der Waals surface area contributed by atoms with Crippen LogP contribution in [-0.2, 0) is 12.6 Å². The van der Waals surface area contributed by atoms with Gasteiger partial charge in [-0.2, -0.15) is 13.2 Å². The summed E-state index contributed by atoms with van der Waals surface area (Å²) in [7, 11) is 0. The fourth-order valence-corrected chi connectivity index (χ4v) is 3.19. The molecule has 2 heterocycles. The van der Waals surface area contributed by atoms with E-state index in [0.29, 0.717) is 18.7 Å². The maximum Gasteiger partial charge on any atom is 0.418 e. The lowest BCUT2D eigenvalue weighted by Crippen LogP contribution is -2.35. The van der Waals surface area contributed by atoms with Gasteiger partial charge >= 0.3 is 12.2 Å². The molecule has 1 aliphatic heterocycles. The number of nitrogens with zero attached hydrogens (tertiary/aromatic N) is 2. The number of carbonyl (C=O) groups is 1. The normalized spacial score (nSPS) is 17.5. The minimum atomic E-state index is -4.53. The lowest BCUT2D eigenvalue weighted by Gasteiger charge is -2.24. The third-order valence-corrected chi connectivity index (χ3v) is 4.40. The standard InChI is InChI=1S/C18H20F3N3O2/c1-2-6-12-11-15(23-26-12)16-9-5-10-24(16)17(25)22-14-8-4-3-7-13(14)18(19,20)21/h3-4,7-8,11,16H,2,5-6,9-10H2,1H3,(H,22,25)/t16-/m0/s1. The molecule has 3 rings (SSSR count). The second-order valence-electron chi connectivity index (χ2n) is 6.29. The summed E-state index contributed by atoms with van der Waals surface area (Å²) < 4.78 is 44.6. The van der Waals surface area contributed by atoms with Crippen molar-refractivity contribution in [3.8, 4) is 0 Å². The molecule has 26 heavy (non-hydrogen) atoms. The Labute approximate surface area is 149 Å². The highest BCUT2D eigenvalue weighted by Gasteiger charge is 2.36. The Morgan fingerprint density at radius 3 is 2.88 bits per heavy atom. The molecule has 5 nitrogen and oxygen atoms in total. The number of para-hydroxylation sites is 1. The number of urea groups is 1. The number of hydrogen-bond donors (Lipinski definition) is 1. The van der Waals surface area contributed by atoms with Gasteiger partial charge in [0.2, 0.25) is 0 Å². The van der Waals surface area contributed by atoms with Gasteiger partial charge in [-0.15, -0.1) is 0 Å². The fraction of sp³-hybridized carbons (Fsp3) is 0.444. The Hall–Kier alpha value is -2.51. The molecule has 0 bridgehead atoms. The molecule has 2 aromatic rings. The zero-order chi connectivity index (χ0) is 18.7. The second-order valence-corrected chi connectivity index (χ2v) is 6.29. The zero-order valence-electron chi connectivity index (χ0n) is 14.3. The Balaban J connectivity index is 1.77. The summed E-state index contributed by atoms with van der Waals surface area (Å²) in [5.74, 6) is 0.747. The number of rotatable bonds is 4. The molecule has 1 atom stereocenters. The van der Waals surface area contributed by atoms with Crippen molar-refractivity contribution in [2.24, 2.45) is 0 Å². The maximum atomic E-state index is 13.1. The van der Waals surface area contributed by atoms with E-state index in [-0.39, 0.29) is 11.7 Å². The Kier molecular flexibility index (Phi) is 5.20. The van der Waals surface area contributed by atoms with E-state index in [4.69, 9.17) is 4.52 Å². The smallest absolute Gasteiger partial charge is 0.361 e. The number of likely N-dealkylation sites (tertiary alicyclic amines) is 1. The number of nitrogens with one attached hydrogen (secondary N) is 1. The van der Waals surface area contributed by atoms with E-state index in [1.807, 2.05) is 13.0 Å². The number of halogens is 3. The van der Waals surface area contributed by atoms with Crippen LogP contribution in [0.15, 0.2) is 34.9 Å². The number of aromatic nitrogens is 1. The number of hydrogen-bond acceptors (Lipinski definition) is 3. The molecule has 0 saturated carbocycles. The van der Waals surface area contributed by atoms with Crippen LogP contribution in [0.25, 0.3) is 0 Å². The molecule has 1 aliphatic rings. The molecule has 1 aromatic carbocycles. The summed E-state index contributed by atoms with van der Waals surface area (Å²) in [5, 5.41) is 6.44. The van der Waals surface area contributed by atoms with E-state index in [1.165, 1.54) is 23.1 Å². The highest BCUT2D eigenvalue weighted by atomic mass is 19.4. The first-order chi connectivity index (χ1) is 12.4. The number of alkyl halides is 3. The second kappa shape index (κ2) is 7.39. The van der Waals surface area contributed by atoms with Gasteiger partial charge in [-0.3, -0.25) is 0 Å². The van der Waals surface area contributed by atoms with Crippen LogP contribution in [-0.4, -0.2) is 22.6 Å². The molecule has 0 unspecified atom stereocenters. The Bertz CT molecular complexity index is 773. The summed E-state index contributed by atoms with van der Waals surface area (Å²) in [6.45, 7) is 2.48. The van der Waals surface area contributed by atoms with E-state index in [2.05, 4.69) is 10.5 Å². The van der Waals surface area contributed by atoms with Gasteiger partial charge in [0.05, 0.1) is 17.3 Å². The summed E-state index contributed by atoms with van der Waals surface area (Å²) in [4.78, 5) is 14.1. The number of anilines is 1. The SMILES string of the molecule is CCCc1cc([C@@H]2CCCN2C(=O)Nc2ccccc2C(F)(F)F)no1. The van der Waals surface area contributed by atoms with Crippen LogP contribution in [0.4, 0.5) is 23.7 Å². The quantitative estimate of drug-likeness (QED) is 0.826. The van der Waals surface area contributed by atoms with E-state index in [0.717, 1.165) is 31.1 Å². The first-order valence-corrected chi connectivity index (χ1v) is 8.59. The van der Waals surface area contributed by atoms with Crippen molar-refractivity contribution in [2.45, 2.75) is 44.8 Å². The van der Waals surface area contributed by atoms with Crippen LogP contribution in [0.5, 0.6) is 0 Å². The highest BCUT2D eigenvalue weighted by Crippen LogP contribution is 2.36. The third-order valence-electron chi connectivity index (χ3n) is 4.40. The van der Waals surface area contributed by atoms with Crippen LogP contribution in [0.2, 0.25) is 0 Å². The molecule has 1 saturated heterocycles. The van der Waals surface area contributed by atoms with Crippen LogP contribution in [0, 0.1) is 0 Å². The molecular formula is C18H20F3N3O2. The molecule has 1 fully saturated rings. The van der Waals surface area contributed by atoms with Gasteiger partial charge < -0.3 is 14.7 Å². The minimum Gasteiger partial charge on any atom is -0.361 e. The number of amides is 2. The lowest BCUT2D eigenvalue weighted by atomic mass is 10.1. The van der Waals surface area contributed by atoms with Crippen molar-refractivity contribution in [1.82, 2.24) is 10.1 Å². The zero-order valence-corrected chi connectivity index (χ0v) is 14.3. The summed E-state index contributed by atoms with van der Waals surface area (Å²) in [6.07, 6.45) is -1.40. The number of benzene rings is 1. The van der Waals surface area contributed by atoms with Gasteiger partial charge in [-0.25, -0.2) is 4.79 Å². The molecule has 1 N–H and O–H groups in total. The Morgan fingerprint density at radius 1 is 1.38 bits per heavy atom. The molecule has 1 aromatic heterocycles. The minimum absolute atomic E-state index is 0.248. The molecular weight excluding hydrogens is 347 g/mol. The number of aryl methyl sites for hydroxylation is 1. The van der Waals surface area contributed by atoms with Crippen LogP contribution >= 0.6 is 0 Å². The summed E-state index contributed by atoms with van der Waals surface area (Å²) in [5.41, 5.74) is -0.469. The van der Waals surface area contributed by atoms with Crippen molar-refractivity contribution >= 4 is 11.7 Å². The molecule has 0 spiro atoms. The van der Waals surface area contributed by atoms with E-state index < -0.39 is 17.8 Å². The van der Waals surface area contributed by atoms with Crippen LogP contribution in [0.3, 0.4) is 0 Å². The van der Waals surface area contributed by atoms with Gasteiger partial charge in [0, 0.05) is 19.0 Å². The van der Waals surface area contributed by atoms with Crippen molar-refractivity contribution in [1.29, 1.82) is 0 Å². The van der Waals surface area contributed by atoms with Gasteiger partial charge in [-0.05, 0) is 31.4 Å². The third kappa shape index (κ3) is 3.84. The van der Waals surface area contributed by atoms with Crippen LogP contribution in [0.1, 0.15) is 49.2 Å². The highest BCUT2D eigenvalue weighted by molar-refractivity contribution is 5.90. The fourth-order valence-electron chi connectivity index (χ4n) is 3.19. The van der Waals surface area contributed by atoms with Crippen molar-refractivity contribution in [2.75, 3.05) is 11.9 Å². The largest absolute Gasteiger partial charge is 0.418 e. The maximum absolute atomic E-state index is 13.1. The van der Waals surface area contributed by atoms with E-state index in [1.54, 1.807) is 0 Å². The van der Waals surface area contributed by atoms with Crippen LogP contribution < -0.4 is 5.32 Å². The first kappa shape index (κ1) is 18.3. The lowest BCUT2D eigenvalue weighted by molar-refractivity contribution is -0.136. The van der Waals surface area contributed by atoms with E-state index >= 15 is 0 Å².